The minimum absolute atomic E-state index is 0.138. The van der Waals surface area contributed by atoms with E-state index < -0.39 is 5.97 Å². The van der Waals surface area contributed by atoms with Crippen molar-refractivity contribution < 1.29 is 9.53 Å². The summed E-state index contributed by atoms with van der Waals surface area (Å²) in [4.78, 5) is 15.7. The number of aromatic nitrogens is 1. The van der Waals surface area contributed by atoms with Gasteiger partial charge in [0.1, 0.15) is 0 Å². The molecule has 1 heterocycles. The van der Waals surface area contributed by atoms with Crippen molar-refractivity contribution in [2.45, 2.75) is 6.54 Å². The largest absolute Gasteiger partial charge is 0.465 e. The molecule has 0 aliphatic heterocycles. The van der Waals surface area contributed by atoms with Crippen molar-refractivity contribution in [1.82, 2.24) is 4.98 Å². The Bertz CT molecular complexity index is 601. The number of methoxy groups -OCH3 is 1. The van der Waals surface area contributed by atoms with Crippen molar-refractivity contribution in [2.24, 2.45) is 0 Å². The summed E-state index contributed by atoms with van der Waals surface area (Å²) in [6.45, 7) is 0.504. The zero-order valence-electron chi connectivity index (χ0n) is 9.94. The molecule has 4 nitrogen and oxygen atoms in total. The van der Waals surface area contributed by atoms with Gasteiger partial charge in [0.25, 0.3) is 0 Å². The molecule has 2 rings (SSSR count). The normalized spacial score (nSPS) is 10.3. The van der Waals surface area contributed by atoms with Crippen LogP contribution in [-0.4, -0.2) is 18.1 Å². The number of ether oxygens (including phenoxy) is 1. The molecule has 0 aliphatic rings. The van der Waals surface area contributed by atoms with Gasteiger partial charge in [0.05, 0.1) is 7.11 Å². The van der Waals surface area contributed by atoms with Crippen molar-refractivity contribution >= 4 is 45.6 Å². The lowest BCUT2D eigenvalue weighted by Gasteiger charge is -2.04. The zero-order valence-corrected chi connectivity index (χ0v) is 12.3. The number of benzene rings is 1. The summed E-state index contributed by atoms with van der Waals surface area (Å²) >= 11 is 13.1. The summed E-state index contributed by atoms with van der Waals surface area (Å²) in [6, 6.07) is 7.48. The average Bonchev–Trinajstić information content (AvgIpc) is 2.78. The lowest BCUT2D eigenvalue weighted by atomic mass is 10.2. The fourth-order valence-electron chi connectivity index (χ4n) is 1.41. The molecule has 1 aromatic heterocycles. The predicted molar refractivity (Wildman–Crippen MR) is 77.2 cm³/mol. The van der Waals surface area contributed by atoms with Gasteiger partial charge in [0, 0.05) is 11.6 Å². The minimum atomic E-state index is -0.492. The average molecular weight is 317 g/mol. The molecule has 7 heteroatoms. The minimum Gasteiger partial charge on any atom is -0.465 e. The number of anilines is 1. The maximum atomic E-state index is 11.4. The van der Waals surface area contributed by atoms with Crippen LogP contribution in [0.2, 0.25) is 10.2 Å². The van der Waals surface area contributed by atoms with E-state index in [0.717, 1.165) is 16.9 Å². The molecule has 100 valence electrons. The van der Waals surface area contributed by atoms with E-state index in [-0.39, 0.29) is 10.0 Å². The smallest absolute Gasteiger partial charge is 0.351 e. The van der Waals surface area contributed by atoms with E-state index in [0.29, 0.717) is 16.7 Å². The van der Waals surface area contributed by atoms with E-state index >= 15 is 0 Å². The summed E-state index contributed by atoms with van der Waals surface area (Å²) in [5.41, 5.74) is 0.940. The molecule has 0 unspecified atom stereocenters. The molecule has 0 aliphatic carbocycles. The van der Waals surface area contributed by atoms with Crippen LogP contribution in [-0.2, 0) is 11.3 Å². The first kappa shape index (κ1) is 14.1. The molecule has 0 bridgehead atoms. The molecule has 0 atom stereocenters. The van der Waals surface area contributed by atoms with E-state index in [1.54, 1.807) is 0 Å². The third-order valence-corrected chi connectivity index (χ3v) is 4.09. The van der Waals surface area contributed by atoms with Crippen molar-refractivity contribution in [1.29, 1.82) is 0 Å². The number of hydrogen-bond acceptors (Lipinski definition) is 5. The van der Waals surface area contributed by atoms with Gasteiger partial charge in [-0.05, 0) is 11.6 Å². The van der Waals surface area contributed by atoms with E-state index in [4.69, 9.17) is 23.2 Å². The molecule has 0 saturated carbocycles. The van der Waals surface area contributed by atoms with Crippen LogP contribution in [0.4, 0.5) is 5.13 Å². The number of carbonyl (C=O) groups is 1. The highest BCUT2D eigenvalue weighted by molar-refractivity contribution is 7.18. The Morgan fingerprint density at radius 1 is 1.42 bits per heavy atom. The number of halogens is 2. The monoisotopic (exact) mass is 316 g/mol. The van der Waals surface area contributed by atoms with Gasteiger partial charge in [-0.15, -0.1) is 0 Å². The van der Waals surface area contributed by atoms with Crippen molar-refractivity contribution in [3.05, 3.63) is 44.9 Å². The Morgan fingerprint density at radius 2 is 2.16 bits per heavy atom. The lowest BCUT2D eigenvalue weighted by molar-refractivity contribution is 0.0606. The topological polar surface area (TPSA) is 51.2 Å². The van der Waals surface area contributed by atoms with Crippen LogP contribution in [0.1, 0.15) is 15.2 Å². The van der Waals surface area contributed by atoms with E-state index in [9.17, 15) is 4.79 Å². The van der Waals surface area contributed by atoms with Crippen LogP contribution in [0.25, 0.3) is 0 Å². The van der Waals surface area contributed by atoms with Crippen molar-refractivity contribution in [3.8, 4) is 0 Å². The molecule has 0 fully saturated rings. The summed E-state index contributed by atoms with van der Waals surface area (Å²) in [7, 11) is 1.30. The van der Waals surface area contributed by atoms with Gasteiger partial charge >= 0.3 is 5.97 Å². The van der Waals surface area contributed by atoms with E-state index in [2.05, 4.69) is 15.0 Å². The molecule has 1 N–H and O–H groups in total. The van der Waals surface area contributed by atoms with Crippen molar-refractivity contribution in [2.75, 3.05) is 12.4 Å². The number of esters is 1. The first-order valence-corrected chi connectivity index (χ1v) is 6.91. The third kappa shape index (κ3) is 3.37. The Labute approximate surface area is 124 Å². The molecule has 2 aromatic rings. The first-order chi connectivity index (χ1) is 9.11. The molecular formula is C12H10Cl2N2O2S. The number of thiazole rings is 1. The van der Waals surface area contributed by atoms with Gasteiger partial charge in [0.2, 0.25) is 0 Å². The fraction of sp³-hybridized carbons (Fsp3) is 0.167. The second kappa shape index (κ2) is 6.23. The molecule has 1 aromatic carbocycles. The van der Waals surface area contributed by atoms with Gasteiger partial charge in [-0.3, -0.25) is 0 Å². The molecule has 0 amide bonds. The Hall–Kier alpha value is -1.30. The van der Waals surface area contributed by atoms with Crippen LogP contribution in [0.5, 0.6) is 0 Å². The third-order valence-electron chi connectivity index (χ3n) is 2.34. The Kier molecular flexibility index (Phi) is 4.63. The van der Waals surface area contributed by atoms with Crippen LogP contribution in [0, 0.1) is 0 Å². The van der Waals surface area contributed by atoms with Gasteiger partial charge in [-0.1, -0.05) is 52.7 Å². The summed E-state index contributed by atoms with van der Waals surface area (Å²) < 4.78 is 4.61. The highest BCUT2D eigenvalue weighted by Crippen LogP contribution is 2.28. The van der Waals surface area contributed by atoms with Gasteiger partial charge in [0.15, 0.2) is 15.2 Å². The Balaban J connectivity index is 2.09. The number of carbonyl (C=O) groups excluding carboxylic acids is 1. The molecule has 0 spiro atoms. The van der Waals surface area contributed by atoms with Crippen molar-refractivity contribution in [3.63, 3.8) is 0 Å². The van der Waals surface area contributed by atoms with Crippen LogP contribution < -0.4 is 5.32 Å². The SMILES string of the molecule is COC(=O)c1sc(NCc2ccccc2Cl)nc1Cl. The van der Waals surface area contributed by atoms with E-state index in [1.807, 2.05) is 24.3 Å². The van der Waals surface area contributed by atoms with Gasteiger partial charge < -0.3 is 10.1 Å². The highest BCUT2D eigenvalue weighted by Gasteiger charge is 2.17. The number of nitrogens with one attached hydrogen (secondary N) is 1. The standard InChI is InChI=1S/C12H10Cl2N2O2S/c1-18-11(17)9-10(14)16-12(19-9)15-6-7-4-2-3-5-8(7)13/h2-5H,6H2,1H3,(H,15,16). The first-order valence-electron chi connectivity index (χ1n) is 5.33. The fourth-order valence-corrected chi connectivity index (χ4v) is 2.71. The second-order valence-corrected chi connectivity index (χ2v) is 5.34. The summed E-state index contributed by atoms with van der Waals surface area (Å²) in [6.07, 6.45) is 0. The van der Waals surface area contributed by atoms with Crippen LogP contribution >= 0.6 is 34.5 Å². The van der Waals surface area contributed by atoms with Gasteiger partial charge in [-0.2, -0.15) is 0 Å². The number of hydrogen-bond donors (Lipinski definition) is 1. The molecular weight excluding hydrogens is 307 g/mol. The summed E-state index contributed by atoms with van der Waals surface area (Å²) in [5.74, 6) is -0.492. The maximum absolute atomic E-state index is 11.4. The predicted octanol–water partition coefficient (Wildman–Crippen LogP) is 3.85. The highest BCUT2D eigenvalue weighted by atomic mass is 35.5. The molecule has 0 radical (unpaired) electrons. The second-order valence-electron chi connectivity index (χ2n) is 3.58. The zero-order chi connectivity index (χ0) is 13.8. The summed E-state index contributed by atoms with van der Waals surface area (Å²) in [5, 5.41) is 4.43. The number of nitrogens with zero attached hydrogens (tertiary/aromatic N) is 1. The van der Waals surface area contributed by atoms with Gasteiger partial charge in [-0.25, -0.2) is 9.78 Å². The Morgan fingerprint density at radius 3 is 2.84 bits per heavy atom. The quantitative estimate of drug-likeness (QED) is 0.870. The maximum Gasteiger partial charge on any atom is 0.351 e. The molecule has 19 heavy (non-hydrogen) atoms. The lowest BCUT2D eigenvalue weighted by Crippen LogP contribution is -1.99. The van der Waals surface area contributed by atoms with E-state index in [1.165, 1.54) is 7.11 Å². The van der Waals surface area contributed by atoms with Crippen LogP contribution in [0.3, 0.4) is 0 Å². The molecule has 0 saturated heterocycles. The van der Waals surface area contributed by atoms with Crippen LogP contribution in [0.15, 0.2) is 24.3 Å². The number of rotatable bonds is 4.